The van der Waals surface area contributed by atoms with E-state index in [4.69, 9.17) is 0 Å². The Balaban J connectivity index is 1.57. The van der Waals surface area contributed by atoms with E-state index in [0.717, 1.165) is 10.9 Å². The molecule has 1 aliphatic rings. The molecule has 0 unspecified atom stereocenters. The molecule has 0 amide bonds. The molecule has 0 saturated heterocycles. The van der Waals surface area contributed by atoms with Gasteiger partial charge in [0.2, 0.25) is 0 Å². The van der Waals surface area contributed by atoms with Crippen LogP contribution in [-0.4, -0.2) is 37.3 Å². The van der Waals surface area contributed by atoms with Crippen molar-refractivity contribution >= 4 is 11.8 Å². The minimum atomic E-state index is 0.373. The third-order valence-corrected chi connectivity index (χ3v) is 5.51. The van der Waals surface area contributed by atoms with Gasteiger partial charge in [0.1, 0.15) is 6.33 Å². The third-order valence-electron chi connectivity index (χ3n) is 4.28. The van der Waals surface area contributed by atoms with Gasteiger partial charge in [-0.3, -0.25) is 0 Å². The molecule has 0 aliphatic heterocycles. The van der Waals surface area contributed by atoms with E-state index in [2.05, 4.69) is 70.7 Å². The molecular formula is C16H23N5S. The summed E-state index contributed by atoms with van der Waals surface area (Å²) in [6, 6.07) is 9.46. The van der Waals surface area contributed by atoms with Gasteiger partial charge >= 0.3 is 0 Å². The fourth-order valence-corrected chi connectivity index (χ4v) is 4.27. The molecule has 0 spiro atoms. The van der Waals surface area contributed by atoms with Crippen LogP contribution >= 0.6 is 11.8 Å². The predicted octanol–water partition coefficient (Wildman–Crippen LogP) is 2.99. The lowest BCUT2D eigenvalue weighted by atomic mass is 10.1. The Morgan fingerprint density at radius 3 is 2.82 bits per heavy atom. The van der Waals surface area contributed by atoms with E-state index in [1.807, 2.05) is 0 Å². The average molecular weight is 317 g/mol. The second-order valence-electron chi connectivity index (χ2n) is 5.82. The summed E-state index contributed by atoms with van der Waals surface area (Å²) in [5, 5.41) is 15.9. The Kier molecular flexibility index (Phi) is 5.10. The summed E-state index contributed by atoms with van der Waals surface area (Å²) in [5.41, 5.74) is 2.30. The lowest BCUT2D eigenvalue weighted by Gasteiger charge is -2.20. The minimum absolute atomic E-state index is 0.373. The number of nitrogens with one attached hydrogen (secondary N) is 1. The number of hydrogen-bond acceptors (Lipinski definition) is 5. The first-order valence-electron chi connectivity index (χ1n) is 7.97. The zero-order valence-corrected chi connectivity index (χ0v) is 14.0. The van der Waals surface area contributed by atoms with E-state index in [-0.39, 0.29) is 0 Å². The van der Waals surface area contributed by atoms with Crippen molar-refractivity contribution in [2.75, 3.05) is 5.75 Å². The molecule has 1 fully saturated rings. The van der Waals surface area contributed by atoms with Crippen molar-refractivity contribution in [2.45, 2.75) is 50.4 Å². The van der Waals surface area contributed by atoms with Gasteiger partial charge < -0.3 is 5.32 Å². The van der Waals surface area contributed by atoms with Crippen molar-refractivity contribution in [1.29, 1.82) is 0 Å². The first-order valence-corrected chi connectivity index (χ1v) is 9.02. The van der Waals surface area contributed by atoms with E-state index in [1.54, 1.807) is 11.0 Å². The normalized spacial score (nSPS) is 22.8. The van der Waals surface area contributed by atoms with Crippen LogP contribution in [0.5, 0.6) is 0 Å². The fourth-order valence-electron chi connectivity index (χ4n) is 3.12. The van der Waals surface area contributed by atoms with Gasteiger partial charge in [0, 0.05) is 17.3 Å². The molecule has 1 aromatic carbocycles. The summed E-state index contributed by atoms with van der Waals surface area (Å²) >= 11 is 2.10. The Morgan fingerprint density at radius 2 is 2.14 bits per heavy atom. The Labute approximate surface area is 135 Å². The van der Waals surface area contributed by atoms with Crippen LogP contribution in [0.2, 0.25) is 0 Å². The largest absolute Gasteiger partial charge is 0.307 e. The molecule has 3 atom stereocenters. The number of nitrogens with zero attached hydrogens (tertiary/aromatic N) is 4. The SMILES string of the molecule is CCS[C@@H]1CC[C@H](N[C@@H](C)c2ccc(-n3cnnn3)cc2)C1. The molecule has 1 heterocycles. The van der Waals surface area contributed by atoms with Crippen molar-refractivity contribution in [3.63, 3.8) is 0 Å². The second kappa shape index (κ2) is 7.24. The molecule has 0 radical (unpaired) electrons. The maximum Gasteiger partial charge on any atom is 0.143 e. The predicted molar refractivity (Wildman–Crippen MR) is 90.3 cm³/mol. The topological polar surface area (TPSA) is 55.6 Å². The van der Waals surface area contributed by atoms with Crippen molar-refractivity contribution in [1.82, 2.24) is 25.5 Å². The number of aromatic nitrogens is 4. The fraction of sp³-hybridized carbons (Fsp3) is 0.562. The molecular weight excluding hydrogens is 294 g/mol. The minimum Gasteiger partial charge on any atom is -0.307 e. The highest BCUT2D eigenvalue weighted by atomic mass is 32.2. The summed E-state index contributed by atoms with van der Waals surface area (Å²) in [5.74, 6) is 1.23. The van der Waals surface area contributed by atoms with Crippen LogP contribution in [0.3, 0.4) is 0 Å². The highest BCUT2D eigenvalue weighted by Crippen LogP contribution is 2.31. The molecule has 1 aromatic heterocycles. The lowest BCUT2D eigenvalue weighted by molar-refractivity contribution is 0.462. The molecule has 3 rings (SSSR count). The van der Waals surface area contributed by atoms with Gasteiger partial charge in [-0.15, -0.1) is 5.10 Å². The molecule has 22 heavy (non-hydrogen) atoms. The van der Waals surface area contributed by atoms with Crippen LogP contribution < -0.4 is 5.32 Å². The third kappa shape index (κ3) is 3.67. The van der Waals surface area contributed by atoms with Crippen LogP contribution in [0.25, 0.3) is 5.69 Å². The monoisotopic (exact) mass is 317 g/mol. The van der Waals surface area contributed by atoms with Crippen LogP contribution in [0.15, 0.2) is 30.6 Å². The van der Waals surface area contributed by atoms with E-state index in [0.29, 0.717) is 12.1 Å². The maximum atomic E-state index is 3.91. The highest BCUT2D eigenvalue weighted by molar-refractivity contribution is 7.99. The summed E-state index contributed by atoms with van der Waals surface area (Å²) in [6.45, 7) is 4.49. The van der Waals surface area contributed by atoms with Gasteiger partial charge in [0.05, 0.1) is 5.69 Å². The van der Waals surface area contributed by atoms with Crippen LogP contribution in [-0.2, 0) is 0 Å². The van der Waals surface area contributed by atoms with Gasteiger partial charge in [-0.2, -0.15) is 11.8 Å². The first kappa shape index (κ1) is 15.5. The number of hydrogen-bond donors (Lipinski definition) is 1. The van der Waals surface area contributed by atoms with E-state index in [1.165, 1.54) is 30.6 Å². The van der Waals surface area contributed by atoms with Crippen LogP contribution in [0.1, 0.15) is 44.7 Å². The van der Waals surface area contributed by atoms with Crippen molar-refractivity contribution in [3.8, 4) is 5.69 Å². The molecule has 118 valence electrons. The van der Waals surface area contributed by atoms with E-state index < -0.39 is 0 Å². The standard InChI is InChI=1S/C16H23N5S/c1-3-22-16-9-6-14(10-16)18-12(2)13-4-7-15(8-5-13)21-11-17-19-20-21/h4-5,7-8,11-12,14,16,18H,3,6,9-10H2,1-2H3/t12-,14-,16+/m0/s1. The van der Waals surface area contributed by atoms with Crippen molar-refractivity contribution in [2.24, 2.45) is 0 Å². The van der Waals surface area contributed by atoms with Gasteiger partial charge in [-0.1, -0.05) is 19.1 Å². The zero-order chi connectivity index (χ0) is 15.4. The molecule has 1 N–H and O–H groups in total. The number of rotatable bonds is 6. The summed E-state index contributed by atoms with van der Waals surface area (Å²) < 4.78 is 1.67. The molecule has 6 heteroatoms. The Morgan fingerprint density at radius 1 is 1.32 bits per heavy atom. The van der Waals surface area contributed by atoms with Gasteiger partial charge in [-0.25, -0.2) is 4.68 Å². The second-order valence-corrected chi connectivity index (χ2v) is 7.40. The van der Waals surface area contributed by atoms with Gasteiger partial charge in [0.15, 0.2) is 0 Å². The van der Waals surface area contributed by atoms with Gasteiger partial charge in [0.25, 0.3) is 0 Å². The maximum absolute atomic E-state index is 3.91. The average Bonchev–Trinajstić information content (AvgIpc) is 3.20. The summed E-state index contributed by atoms with van der Waals surface area (Å²) in [4.78, 5) is 0. The van der Waals surface area contributed by atoms with Crippen molar-refractivity contribution < 1.29 is 0 Å². The van der Waals surface area contributed by atoms with Crippen LogP contribution in [0, 0.1) is 0 Å². The van der Waals surface area contributed by atoms with E-state index in [9.17, 15) is 0 Å². The molecule has 0 bridgehead atoms. The molecule has 2 aromatic rings. The Bertz CT molecular complexity index is 569. The Hall–Kier alpha value is -1.40. The number of tetrazole rings is 1. The summed E-state index contributed by atoms with van der Waals surface area (Å²) in [7, 11) is 0. The van der Waals surface area contributed by atoms with Crippen molar-refractivity contribution in [3.05, 3.63) is 36.2 Å². The quantitative estimate of drug-likeness (QED) is 0.887. The van der Waals surface area contributed by atoms with Crippen LogP contribution in [0.4, 0.5) is 0 Å². The molecule has 1 aliphatic carbocycles. The smallest absolute Gasteiger partial charge is 0.143 e. The first-order chi connectivity index (χ1) is 10.8. The molecule has 5 nitrogen and oxygen atoms in total. The lowest BCUT2D eigenvalue weighted by Crippen LogP contribution is -2.29. The van der Waals surface area contributed by atoms with Gasteiger partial charge in [-0.05, 0) is 60.1 Å². The summed E-state index contributed by atoms with van der Waals surface area (Å²) in [6.07, 6.45) is 5.55. The highest BCUT2D eigenvalue weighted by Gasteiger charge is 2.25. The van der Waals surface area contributed by atoms with E-state index >= 15 is 0 Å². The zero-order valence-electron chi connectivity index (χ0n) is 13.1. The number of benzene rings is 1. The number of thioether (sulfide) groups is 1. The molecule has 1 saturated carbocycles.